The van der Waals surface area contributed by atoms with Crippen LogP contribution >= 0.6 is 0 Å². The van der Waals surface area contributed by atoms with Crippen molar-refractivity contribution in [2.75, 3.05) is 12.4 Å². The molecular weight excluding hydrogens is 264 g/mol. The SMILES string of the molecule is Cc1cccc(C)c1OCC(C)c1nnc(C(C)C)n1N. The summed E-state index contributed by atoms with van der Waals surface area (Å²) in [5.41, 5.74) is 2.28. The monoisotopic (exact) mass is 288 g/mol. The molecule has 0 aliphatic rings. The van der Waals surface area contributed by atoms with Gasteiger partial charge in [0.1, 0.15) is 5.75 Å². The number of nitrogen functional groups attached to an aromatic ring is 1. The molecule has 2 rings (SSSR count). The summed E-state index contributed by atoms with van der Waals surface area (Å²) >= 11 is 0. The largest absolute Gasteiger partial charge is 0.492 e. The standard InChI is InChI=1S/C16H24N4O/c1-10(2)15-18-19-16(20(15)17)13(5)9-21-14-11(3)7-6-8-12(14)4/h6-8,10,13H,9,17H2,1-5H3. The van der Waals surface area contributed by atoms with Crippen molar-refractivity contribution >= 4 is 0 Å². The maximum Gasteiger partial charge on any atom is 0.157 e. The first-order valence-electron chi connectivity index (χ1n) is 7.31. The van der Waals surface area contributed by atoms with Crippen molar-refractivity contribution in [2.45, 2.75) is 46.5 Å². The Morgan fingerprint density at radius 3 is 2.19 bits per heavy atom. The summed E-state index contributed by atoms with van der Waals surface area (Å²) in [4.78, 5) is 0. The second kappa shape index (κ2) is 6.16. The van der Waals surface area contributed by atoms with Crippen molar-refractivity contribution in [1.82, 2.24) is 14.9 Å². The highest BCUT2D eigenvalue weighted by atomic mass is 16.5. The van der Waals surface area contributed by atoms with Crippen molar-refractivity contribution in [1.29, 1.82) is 0 Å². The molecule has 0 bridgehead atoms. The molecular formula is C16H24N4O. The minimum atomic E-state index is 0.0778. The van der Waals surface area contributed by atoms with E-state index in [1.807, 2.05) is 13.0 Å². The highest BCUT2D eigenvalue weighted by Gasteiger charge is 2.19. The van der Waals surface area contributed by atoms with Crippen LogP contribution in [0.4, 0.5) is 0 Å². The zero-order valence-corrected chi connectivity index (χ0v) is 13.4. The number of nitrogens with zero attached hydrogens (tertiary/aromatic N) is 3. The molecule has 2 aromatic rings. The third kappa shape index (κ3) is 3.17. The number of hydrogen-bond acceptors (Lipinski definition) is 4. The quantitative estimate of drug-likeness (QED) is 0.859. The maximum absolute atomic E-state index is 6.07. The Hall–Kier alpha value is -2.04. The van der Waals surface area contributed by atoms with E-state index in [0.29, 0.717) is 6.61 Å². The molecule has 1 unspecified atom stereocenters. The van der Waals surface area contributed by atoms with Gasteiger partial charge in [0.2, 0.25) is 0 Å². The van der Waals surface area contributed by atoms with Gasteiger partial charge in [-0.25, -0.2) is 4.68 Å². The highest BCUT2D eigenvalue weighted by Crippen LogP contribution is 2.24. The average molecular weight is 288 g/mol. The topological polar surface area (TPSA) is 66.0 Å². The molecule has 114 valence electrons. The van der Waals surface area contributed by atoms with Crippen molar-refractivity contribution < 1.29 is 4.74 Å². The van der Waals surface area contributed by atoms with Crippen LogP contribution in [0.5, 0.6) is 5.75 Å². The molecule has 1 heterocycles. The fraction of sp³-hybridized carbons (Fsp3) is 0.500. The molecule has 0 radical (unpaired) electrons. The summed E-state index contributed by atoms with van der Waals surface area (Å²) in [6, 6.07) is 6.14. The van der Waals surface area contributed by atoms with Gasteiger partial charge in [-0.15, -0.1) is 10.2 Å². The third-order valence-electron chi connectivity index (χ3n) is 3.59. The highest BCUT2D eigenvalue weighted by molar-refractivity contribution is 5.39. The molecule has 21 heavy (non-hydrogen) atoms. The summed E-state index contributed by atoms with van der Waals surface area (Å²) in [5, 5.41) is 8.36. The van der Waals surface area contributed by atoms with Crippen LogP contribution in [-0.2, 0) is 0 Å². The predicted molar refractivity (Wildman–Crippen MR) is 84.1 cm³/mol. The third-order valence-corrected chi connectivity index (χ3v) is 3.59. The molecule has 5 nitrogen and oxygen atoms in total. The van der Waals surface area contributed by atoms with Crippen LogP contribution < -0.4 is 10.6 Å². The fourth-order valence-electron chi connectivity index (χ4n) is 2.36. The lowest BCUT2D eigenvalue weighted by atomic mass is 10.1. The molecule has 0 aliphatic carbocycles. The van der Waals surface area contributed by atoms with E-state index in [1.54, 1.807) is 4.68 Å². The molecule has 1 atom stereocenters. The van der Waals surface area contributed by atoms with Gasteiger partial charge in [-0.1, -0.05) is 39.0 Å². The zero-order valence-electron chi connectivity index (χ0n) is 13.4. The number of hydrogen-bond donors (Lipinski definition) is 1. The molecule has 0 aliphatic heterocycles. The lowest BCUT2D eigenvalue weighted by molar-refractivity contribution is 0.286. The Morgan fingerprint density at radius 1 is 1.10 bits per heavy atom. The van der Waals surface area contributed by atoms with Gasteiger partial charge in [0.25, 0.3) is 0 Å². The minimum Gasteiger partial charge on any atom is -0.492 e. The lowest BCUT2D eigenvalue weighted by Gasteiger charge is -2.16. The first-order valence-corrected chi connectivity index (χ1v) is 7.31. The van der Waals surface area contributed by atoms with E-state index in [9.17, 15) is 0 Å². The first-order chi connectivity index (χ1) is 9.91. The Labute approximate surface area is 126 Å². The van der Waals surface area contributed by atoms with Crippen LogP contribution in [0.2, 0.25) is 0 Å². The van der Waals surface area contributed by atoms with E-state index in [2.05, 4.69) is 50.0 Å². The van der Waals surface area contributed by atoms with Crippen molar-refractivity contribution in [3.63, 3.8) is 0 Å². The Kier molecular flexibility index (Phi) is 4.50. The number of ether oxygens (including phenoxy) is 1. The van der Waals surface area contributed by atoms with Crippen LogP contribution in [0, 0.1) is 13.8 Å². The van der Waals surface area contributed by atoms with Crippen molar-refractivity contribution in [3.8, 4) is 5.75 Å². The van der Waals surface area contributed by atoms with E-state index in [1.165, 1.54) is 0 Å². The second-order valence-corrected chi connectivity index (χ2v) is 5.87. The van der Waals surface area contributed by atoms with Gasteiger partial charge in [-0.2, -0.15) is 0 Å². The second-order valence-electron chi connectivity index (χ2n) is 5.87. The van der Waals surface area contributed by atoms with Crippen molar-refractivity contribution in [3.05, 3.63) is 41.0 Å². The summed E-state index contributed by atoms with van der Waals surface area (Å²) in [7, 11) is 0. The van der Waals surface area contributed by atoms with Gasteiger partial charge in [-0.3, -0.25) is 0 Å². The van der Waals surface area contributed by atoms with Gasteiger partial charge in [0, 0.05) is 5.92 Å². The van der Waals surface area contributed by atoms with Gasteiger partial charge in [-0.05, 0) is 25.0 Å². The van der Waals surface area contributed by atoms with E-state index < -0.39 is 0 Å². The molecule has 1 aromatic heterocycles. The minimum absolute atomic E-state index is 0.0778. The van der Waals surface area contributed by atoms with Gasteiger partial charge in [0.05, 0.1) is 12.5 Å². The Morgan fingerprint density at radius 2 is 1.67 bits per heavy atom. The van der Waals surface area contributed by atoms with Gasteiger partial charge in [0.15, 0.2) is 11.6 Å². The normalized spacial score (nSPS) is 12.7. The molecule has 0 amide bonds. The Balaban J connectivity index is 2.10. The maximum atomic E-state index is 6.07. The van der Waals surface area contributed by atoms with Crippen molar-refractivity contribution in [2.24, 2.45) is 0 Å². The zero-order chi connectivity index (χ0) is 15.6. The molecule has 0 saturated heterocycles. The molecule has 5 heteroatoms. The van der Waals surface area contributed by atoms with Crippen LogP contribution in [0.15, 0.2) is 18.2 Å². The number of benzene rings is 1. The molecule has 0 fully saturated rings. The average Bonchev–Trinajstić information content (AvgIpc) is 2.80. The molecule has 1 aromatic carbocycles. The Bertz CT molecular complexity index is 598. The fourth-order valence-corrected chi connectivity index (χ4v) is 2.36. The van der Waals surface area contributed by atoms with E-state index in [0.717, 1.165) is 28.5 Å². The number of rotatable bonds is 5. The van der Waals surface area contributed by atoms with E-state index in [4.69, 9.17) is 10.6 Å². The smallest absolute Gasteiger partial charge is 0.157 e. The van der Waals surface area contributed by atoms with Crippen LogP contribution in [-0.4, -0.2) is 21.5 Å². The van der Waals surface area contributed by atoms with Crippen LogP contribution in [0.25, 0.3) is 0 Å². The van der Waals surface area contributed by atoms with E-state index >= 15 is 0 Å². The number of para-hydroxylation sites is 1. The molecule has 0 saturated carbocycles. The lowest BCUT2D eigenvalue weighted by Crippen LogP contribution is -2.21. The van der Waals surface area contributed by atoms with Crippen LogP contribution in [0.1, 0.15) is 55.4 Å². The van der Waals surface area contributed by atoms with Crippen LogP contribution in [0.3, 0.4) is 0 Å². The number of nitrogens with two attached hydrogens (primary N) is 1. The summed E-state index contributed by atoms with van der Waals surface area (Å²) in [6.45, 7) is 10.8. The summed E-state index contributed by atoms with van der Waals surface area (Å²) < 4.78 is 7.56. The first kappa shape index (κ1) is 15.4. The van der Waals surface area contributed by atoms with Gasteiger partial charge < -0.3 is 10.6 Å². The van der Waals surface area contributed by atoms with Gasteiger partial charge >= 0.3 is 0 Å². The summed E-state index contributed by atoms with van der Waals surface area (Å²) in [6.07, 6.45) is 0. The predicted octanol–water partition coefficient (Wildman–Crippen LogP) is 2.91. The number of aryl methyl sites for hydroxylation is 2. The molecule has 2 N–H and O–H groups in total. The number of aromatic nitrogens is 3. The van der Waals surface area contributed by atoms with E-state index in [-0.39, 0.29) is 11.8 Å². The molecule has 0 spiro atoms. The summed E-state index contributed by atoms with van der Waals surface area (Å²) in [5.74, 6) is 8.89.